The van der Waals surface area contributed by atoms with Crippen LogP contribution < -0.4 is 0 Å². The fraction of sp³-hybridized carbons (Fsp3) is 0.294. The molecule has 2 aromatic rings. The third-order valence-corrected chi connectivity index (χ3v) is 6.52. The van der Waals surface area contributed by atoms with E-state index < -0.39 is 15.8 Å². The molecular weight excluding hydrogens is 370 g/mol. The zero-order valence-corrected chi connectivity index (χ0v) is 14.9. The zero-order valence-electron chi connectivity index (χ0n) is 13.3. The van der Waals surface area contributed by atoms with E-state index in [1.807, 2.05) is 4.90 Å². The summed E-state index contributed by atoms with van der Waals surface area (Å²) in [7, 11) is -3.87. The summed E-state index contributed by atoms with van der Waals surface area (Å²) in [6, 6.07) is 9.84. The molecule has 1 fully saturated rings. The van der Waals surface area contributed by atoms with Gasteiger partial charge in [0.25, 0.3) is 0 Å². The molecule has 3 rings (SSSR count). The highest BCUT2D eigenvalue weighted by Gasteiger charge is 2.30. The van der Waals surface area contributed by atoms with Gasteiger partial charge in [-0.05, 0) is 24.3 Å². The molecule has 25 heavy (non-hydrogen) atoms. The molecule has 0 spiro atoms. The molecule has 0 aliphatic carbocycles. The smallest absolute Gasteiger partial charge is 0.246 e. The van der Waals surface area contributed by atoms with Gasteiger partial charge < -0.3 is 0 Å². The van der Waals surface area contributed by atoms with Gasteiger partial charge in [-0.1, -0.05) is 29.8 Å². The third kappa shape index (κ3) is 3.84. The summed E-state index contributed by atoms with van der Waals surface area (Å²) in [5, 5.41) is 0.349. The Morgan fingerprint density at radius 3 is 2.20 bits per heavy atom. The van der Waals surface area contributed by atoms with Crippen molar-refractivity contribution in [3.63, 3.8) is 0 Å². The lowest BCUT2D eigenvalue weighted by atomic mass is 10.2. The van der Waals surface area contributed by atoms with Crippen molar-refractivity contribution in [2.45, 2.75) is 11.4 Å². The quantitative estimate of drug-likeness (QED) is 0.810. The van der Waals surface area contributed by atoms with E-state index in [1.165, 1.54) is 28.6 Å². The number of benzene rings is 2. The Morgan fingerprint density at radius 1 is 0.920 bits per heavy atom. The molecule has 0 aromatic heterocycles. The van der Waals surface area contributed by atoms with Crippen LogP contribution in [0.1, 0.15) is 5.56 Å². The van der Waals surface area contributed by atoms with E-state index in [9.17, 15) is 17.2 Å². The summed E-state index contributed by atoms with van der Waals surface area (Å²) in [5.41, 5.74) is 0.398. The average molecular weight is 387 g/mol. The largest absolute Gasteiger partial charge is 0.296 e. The Hall–Kier alpha value is -1.54. The van der Waals surface area contributed by atoms with E-state index in [0.717, 1.165) is 6.07 Å². The van der Waals surface area contributed by atoms with Crippen LogP contribution in [0.5, 0.6) is 0 Å². The first kappa shape index (κ1) is 18.3. The number of rotatable bonds is 4. The fourth-order valence-corrected chi connectivity index (χ4v) is 4.54. The van der Waals surface area contributed by atoms with E-state index >= 15 is 0 Å². The van der Waals surface area contributed by atoms with Gasteiger partial charge in [0, 0.05) is 43.3 Å². The SMILES string of the molecule is O=S(=O)(c1ccccc1F)N1CCN(Cc2c(F)cccc2Cl)CC1. The second kappa shape index (κ2) is 7.37. The molecule has 0 bridgehead atoms. The third-order valence-electron chi connectivity index (χ3n) is 4.23. The van der Waals surface area contributed by atoms with Gasteiger partial charge in [-0.2, -0.15) is 4.31 Å². The van der Waals surface area contributed by atoms with Crippen molar-refractivity contribution in [2.24, 2.45) is 0 Å². The van der Waals surface area contributed by atoms with Gasteiger partial charge in [-0.25, -0.2) is 17.2 Å². The number of sulfonamides is 1. The summed E-state index contributed by atoms with van der Waals surface area (Å²) in [6.07, 6.45) is 0. The van der Waals surface area contributed by atoms with Crippen molar-refractivity contribution in [3.05, 3.63) is 64.7 Å². The van der Waals surface area contributed by atoms with Crippen LogP contribution in [-0.4, -0.2) is 43.8 Å². The van der Waals surface area contributed by atoms with Crippen molar-refractivity contribution in [2.75, 3.05) is 26.2 Å². The number of piperazine rings is 1. The molecule has 0 saturated carbocycles. The van der Waals surface area contributed by atoms with E-state index in [1.54, 1.807) is 12.1 Å². The van der Waals surface area contributed by atoms with Gasteiger partial charge in [0.05, 0.1) is 0 Å². The molecule has 134 valence electrons. The maximum atomic E-state index is 13.9. The lowest BCUT2D eigenvalue weighted by Gasteiger charge is -2.34. The van der Waals surface area contributed by atoms with Crippen molar-refractivity contribution < 1.29 is 17.2 Å². The number of hydrogen-bond donors (Lipinski definition) is 0. The van der Waals surface area contributed by atoms with Crippen molar-refractivity contribution in [3.8, 4) is 0 Å². The molecule has 1 saturated heterocycles. The van der Waals surface area contributed by atoms with Crippen LogP contribution in [0.15, 0.2) is 47.4 Å². The van der Waals surface area contributed by atoms with E-state index in [0.29, 0.717) is 30.2 Å². The predicted octanol–water partition coefficient (Wildman–Crippen LogP) is 3.12. The maximum Gasteiger partial charge on any atom is 0.246 e. The van der Waals surface area contributed by atoms with E-state index in [2.05, 4.69) is 0 Å². The summed E-state index contributed by atoms with van der Waals surface area (Å²) < 4.78 is 54.1. The van der Waals surface area contributed by atoms with E-state index in [4.69, 9.17) is 11.6 Å². The molecule has 0 unspecified atom stereocenters. The summed E-state index contributed by atoms with van der Waals surface area (Å²) in [5.74, 6) is -1.14. The first-order valence-corrected chi connectivity index (χ1v) is 9.61. The van der Waals surface area contributed by atoms with Crippen molar-refractivity contribution >= 4 is 21.6 Å². The Bertz CT molecular complexity index is 848. The topological polar surface area (TPSA) is 40.6 Å². The molecule has 1 heterocycles. The summed E-state index contributed by atoms with van der Waals surface area (Å²) in [4.78, 5) is 1.61. The first-order chi connectivity index (χ1) is 11.9. The molecule has 2 aromatic carbocycles. The molecule has 4 nitrogen and oxygen atoms in total. The average Bonchev–Trinajstić information content (AvgIpc) is 2.59. The van der Waals surface area contributed by atoms with Crippen LogP contribution in [0.25, 0.3) is 0 Å². The van der Waals surface area contributed by atoms with Crippen molar-refractivity contribution in [1.82, 2.24) is 9.21 Å². The monoisotopic (exact) mass is 386 g/mol. The number of halogens is 3. The normalized spacial score (nSPS) is 16.9. The highest BCUT2D eigenvalue weighted by atomic mass is 35.5. The molecule has 0 atom stereocenters. The van der Waals surface area contributed by atoms with Crippen LogP contribution in [0.4, 0.5) is 8.78 Å². The van der Waals surface area contributed by atoms with Gasteiger partial charge in [0.1, 0.15) is 16.5 Å². The predicted molar refractivity (Wildman–Crippen MR) is 91.8 cm³/mol. The highest BCUT2D eigenvalue weighted by molar-refractivity contribution is 7.89. The lowest BCUT2D eigenvalue weighted by molar-refractivity contribution is 0.179. The van der Waals surface area contributed by atoms with Gasteiger partial charge in [-0.15, -0.1) is 0 Å². The van der Waals surface area contributed by atoms with Crippen LogP contribution in [0.3, 0.4) is 0 Å². The van der Waals surface area contributed by atoms with Crippen LogP contribution in [0, 0.1) is 11.6 Å². The highest BCUT2D eigenvalue weighted by Crippen LogP contribution is 2.23. The Kier molecular flexibility index (Phi) is 5.38. The molecule has 0 amide bonds. The zero-order chi connectivity index (χ0) is 18.0. The van der Waals surface area contributed by atoms with Gasteiger partial charge in [0.15, 0.2) is 0 Å². The second-order valence-electron chi connectivity index (χ2n) is 5.81. The second-order valence-corrected chi connectivity index (χ2v) is 8.12. The van der Waals surface area contributed by atoms with E-state index in [-0.39, 0.29) is 23.8 Å². The Labute approximate surface area is 150 Å². The molecule has 8 heteroatoms. The minimum Gasteiger partial charge on any atom is -0.296 e. The lowest BCUT2D eigenvalue weighted by Crippen LogP contribution is -2.48. The molecular formula is C17H17ClF2N2O2S. The molecule has 0 N–H and O–H groups in total. The summed E-state index contributed by atoms with van der Waals surface area (Å²) >= 11 is 6.03. The standard InChI is InChI=1S/C17H17ClF2N2O2S/c18-14-4-3-6-15(19)13(14)12-21-8-10-22(11-9-21)25(23,24)17-7-2-1-5-16(17)20/h1-7H,8-12H2. The Balaban J connectivity index is 1.69. The first-order valence-electron chi connectivity index (χ1n) is 7.79. The minimum absolute atomic E-state index is 0.211. The molecule has 0 radical (unpaired) electrons. The van der Waals surface area contributed by atoms with Gasteiger partial charge >= 0.3 is 0 Å². The van der Waals surface area contributed by atoms with Crippen LogP contribution >= 0.6 is 11.6 Å². The minimum atomic E-state index is -3.87. The summed E-state index contributed by atoms with van der Waals surface area (Å²) in [6.45, 7) is 1.56. The van der Waals surface area contributed by atoms with Gasteiger partial charge in [0.2, 0.25) is 10.0 Å². The number of nitrogens with zero attached hydrogens (tertiary/aromatic N) is 2. The maximum absolute atomic E-state index is 13.9. The van der Waals surface area contributed by atoms with Crippen LogP contribution in [0.2, 0.25) is 5.02 Å². The molecule has 1 aliphatic rings. The van der Waals surface area contributed by atoms with Crippen molar-refractivity contribution in [1.29, 1.82) is 0 Å². The fourth-order valence-electron chi connectivity index (χ4n) is 2.83. The molecule has 1 aliphatic heterocycles. The van der Waals surface area contributed by atoms with Gasteiger partial charge in [-0.3, -0.25) is 4.90 Å². The van der Waals surface area contributed by atoms with Crippen LogP contribution in [-0.2, 0) is 16.6 Å². The number of hydrogen-bond acceptors (Lipinski definition) is 3. The Morgan fingerprint density at radius 2 is 1.56 bits per heavy atom.